The van der Waals surface area contributed by atoms with Gasteiger partial charge in [0.25, 0.3) is 0 Å². The maximum absolute atomic E-state index is 12.8. The minimum atomic E-state index is -4.41. The van der Waals surface area contributed by atoms with Gasteiger partial charge < -0.3 is 18.9 Å². The molecule has 0 rings (SSSR count). The summed E-state index contributed by atoms with van der Waals surface area (Å²) in [6.45, 7) is 4.17. The highest BCUT2D eigenvalue weighted by Crippen LogP contribution is 2.43. The van der Waals surface area contributed by atoms with Crippen LogP contribution in [-0.4, -0.2) is 74.9 Å². The topological polar surface area (TPSA) is 108 Å². The van der Waals surface area contributed by atoms with E-state index >= 15 is 0 Å². The van der Waals surface area contributed by atoms with Crippen molar-refractivity contribution in [2.75, 3.05) is 47.5 Å². The Morgan fingerprint density at radius 3 is 0.976 bits per heavy atom. The molecule has 0 aromatic rings. The molecule has 0 saturated carbocycles. The molecule has 10 heteroatoms. The van der Waals surface area contributed by atoms with Crippen molar-refractivity contribution < 1.29 is 42.1 Å². The quantitative estimate of drug-likeness (QED) is 0.0211. The molecule has 9 nitrogen and oxygen atoms in total. The number of unbranched alkanes of at least 4 members (excludes halogenated alkanes) is 28. The maximum atomic E-state index is 12.8. The molecule has 0 aliphatic rings. The molecule has 0 heterocycles. The van der Waals surface area contributed by atoms with Crippen LogP contribution in [0.3, 0.4) is 0 Å². The number of hydrogen-bond acceptors (Lipinski definition) is 7. The predicted molar refractivity (Wildman–Crippen MR) is 362 cm³/mol. The molecule has 84 heavy (non-hydrogen) atoms. The van der Waals surface area contributed by atoms with Crippen molar-refractivity contribution >= 4 is 19.8 Å². The number of ether oxygens (including phenoxy) is 2. The molecule has 0 fully saturated rings. The van der Waals surface area contributed by atoms with E-state index in [-0.39, 0.29) is 32.0 Å². The van der Waals surface area contributed by atoms with Gasteiger partial charge in [-0.3, -0.25) is 18.6 Å². The molecule has 0 amide bonds. The van der Waals surface area contributed by atoms with Gasteiger partial charge in [0, 0.05) is 12.8 Å². The zero-order valence-electron chi connectivity index (χ0n) is 54.9. The van der Waals surface area contributed by atoms with Crippen molar-refractivity contribution in [2.24, 2.45) is 0 Å². The third kappa shape index (κ3) is 67.5. The fraction of sp³-hybridized carbons (Fsp3) is 0.703. The molecule has 482 valence electrons. The molecule has 2 unspecified atom stereocenters. The molecule has 0 bridgehead atoms. The Morgan fingerprint density at radius 1 is 0.369 bits per heavy atom. The number of nitrogens with zero attached hydrogens (tertiary/aromatic N) is 1. The molecular formula is C74H129NO8P+. The van der Waals surface area contributed by atoms with Gasteiger partial charge in [0.2, 0.25) is 0 Å². The van der Waals surface area contributed by atoms with Crippen molar-refractivity contribution in [1.82, 2.24) is 0 Å². The Morgan fingerprint density at radius 2 is 0.643 bits per heavy atom. The third-order valence-corrected chi connectivity index (χ3v) is 15.5. The highest BCUT2D eigenvalue weighted by Gasteiger charge is 2.27. The summed E-state index contributed by atoms with van der Waals surface area (Å²) in [6.07, 6.45) is 91.8. The minimum Gasteiger partial charge on any atom is -0.462 e. The molecule has 0 aromatic carbocycles. The second kappa shape index (κ2) is 63.9. The monoisotopic (exact) mass is 1190 g/mol. The van der Waals surface area contributed by atoms with Crippen LogP contribution in [0.4, 0.5) is 0 Å². The molecule has 0 aliphatic heterocycles. The molecule has 2 atom stereocenters. The molecule has 0 aromatic heterocycles. The van der Waals surface area contributed by atoms with Gasteiger partial charge in [0.05, 0.1) is 27.7 Å². The molecule has 0 radical (unpaired) electrons. The molecule has 1 N–H and O–H groups in total. The number of phosphoric acid groups is 1. The molecule has 0 aliphatic carbocycles. The fourth-order valence-electron chi connectivity index (χ4n) is 9.31. The van der Waals surface area contributed by atoms with Gasteiger partial charge >= 0.3 is 19.8 Å². The first-order valence-corrected chi connectivity index (χ1v) is 35.8. The van der Waals surface area contributed by atoms with Gasteiger partial charge in [-0.25, -0.2) is 4.57 Å². The van der Waals surface area contributed by atoms with Gasteiger partial charge in [0.15, 0.2) is 6.10 Å². The second-order valence-electron chi connectivity index (χ2n) is 23.8. The number of carbonyl (C=O) groups is 2. The van der Waals surface area contributed by atoms with E-state index in [1.807, 2.05) is 21.1 Å². The van der Waals surface area contributed by atoms with Crippen LogP contribution in [0.2, 0.25) is 0 Å². The van der Waals surface area contributed by atoms with Crippen LogP contribution in [0.25, 0.3) is 0 Å². The average Bonchev–Trinajstić information content (AvgIpc) is 3.61. The molecule has 0 saturated heterocycles. The number of esters is 2. The van der Waals surface area contributed by atoms with E-state index in [2.05, 4.69) is 135 Å². The summed E-state index contributed by atoms with van der Waals surface area (Å²) in [5.41, 5.74) is 0. The van der Waals surface area contributed by atoms with E-state index in [1.165, 1.54) is 154 Å². The van der Waals surface area contributed by atoms with E-state index < -0.39 is 26.5 Å². The molecular weight excluding hydrogens is 1060 g/mol. The van der Waals surface area contributed by atoms with Crippen molar-refractivity contribution in [1.29, 1.82) is 0 Å². The first kappa shape index (κ1) is 80.4. The van der Waals surface area contributed by atoms with Crippen LogP contribution < -0.4 is 0 Å². The summed E-state index contributed by atoms with van der Waals surface area (Å²) in [5.74, 6) is -0.845. The van der Waals surface area contributed by atoms with E-state index in [1.54, 1.807) is 0 Å². The number of rotatable bonds is 62. The maximum Gasteiger partial charge on any atom is 0.472 e. The van der Waals surface area contributed by atoms with E-state index in [4.69, 9.17) is 18.5 Å². The van der Waals surface area contributed by atoms with Gasteiger partial charge in [-0.1, -0.05) is 289 Å². The van der Waals surface area contributed by atoms with Crippen LogP contribution in [-0.2, 0) is 32.7 Å². The first-order valence-electron chi connectivity index (χ1n) is 34.3. The van der Waals surface area contributed by atoms with E-state index in [9.17, 15) is 19.0 Å². The van der Waals surface area contributed by atoms with Crippen molar-refractivity contribution in [3.63, 3.8) is 0 Å². The minimum absolute atomic E-state index is 0.0189. The molecule has 0 spiro atoms. The Balaban J connectivity index is 3.99. The summed E-state index contributed by atoms with van der Waals surface area (Å²) < 4.78 is 34.6. The van der Waals surface area contributed by atoms with E-state index in [0.717, 1.165) is 96.3 Å². The average molecular weight is 1190 g/mol. The number of allylic oxidation sites excluding steroid dienone is 20. The normalized spacial score (nSPS) is 13.9. The number of carbonyl (C=O) groups excluding carboxylic acids is 2. The Kier molecular flexibility index (Phi) is 61.2. The lowest BCUT2D eigenvalue weighted by atomic mass is 10.0. The predicted octanol–water partition coefficient (Wildman–Crippen LogP) is 22.3. The lowest BCUT2D eigenvalue weighted by molar-refractivity contribution is -0.870. The van der Waals surface area contributed by atoms with Crippen LogP contribution >= 0.6 is 7.82 Å². The van der Waals surface area contributed by atoms with E-state index in [0.29, 0.717) is 17.4 Å². The highest BCUT2D eigenvalue weighted by molar-refractivity contribution is 7.47. The smallest absolute Gasteiger partial charge is 0.462 e. The summed E-state index contributed by atoms with van der Waals surface area (Å²) in [5, 5.41) is 0. The van der Waals surface area contributed by atoms with Gasteiger partial charge in [-0.05, 0) is 103 Å². The third-order valence-electron chi connectivity index (χ3n) is 14.5. The SMILES string of the molecule is CC/C=C\C/C=C\C/C=C\C/C=C\C/C=C\C/C=C\CCCCC(=O)OC(COC(=O)CCCCCCCCCCCCCCCCCCCCCCCCCCCC/C=C\C/C=C\C/C=C\C/C=C\CC)COP(=O)(O)OCC[N+](C)(C)C. The zero-order valence-corrected chi connectivity index (χ0v) is 55.7. The Labute approximate surface area is 518 Å². The Bertz CT molecular complexity index is 1830. The lowest BCUT2D eigenvalue weighted by Gasteiger charge is -2.24. The highest BCUT2D eigenvalue weighted by atomic mass is 31.2. The standard InChI is InChI=1S/C74H128NO8P/c1-6-8-10-12-14-16-18-20-22-24-26-28-29-30-31-32-33-34-35-36-37-38-39-40-41-42-43-44-45-47-48-50-52-54-56-58-60-62-64-66-73(76)80-70-72(71-82-84(78,79)81-69-68-75(3,4)5)83-74(77)67-65-63-61-59-57-55-53-51-49-46-27-25-23-21-19-17-15-13-11-9-7-2/h8-11,14-17,20-23,26-28,46,51,53,57,59,72H,6-7,12-13,18-19,24-25,29-45,47-50,52,54-56,58,60-71H2,1-5H3/p+1/b10-8-,11-9-,16-14-,17-15-,22-20-,23-21-,28-26-,46-27-,53-51-,59-57-. The van der Waals surface area contributed by atoms with Gasteiger partial charge in [-0.2, -0.15) is 0 Å². The number of phosphoric ester groups is 1. The largest absolute Gasteiger partial charge is 0.472 e. The summed E-state index contributed by atoms with van der Waals surface area (Å²) in [7, 11) is 1.44. The zero-order chi connectivity index (χ0) is 61.2. The number of likely N-dealkylation sites (N-methyl/N-ethyl adjacent to an activating group) is 1. The second-order valence-corrected chi connectivity index (χ2v) is 25.3. The summed E-state index contributed by atoms with van der Waals surface area (Å²) >= 11 is 0. The van der Waals surface area contributed by atoms with Crippen LogP contribution in [0.5, 0.6) is 0 Å². The van der Waals surface area contributed by atoms with Crippen LogP contribution in [0.15, 0.2) is 122 Å². The van der Waals surface area contributed by atoms with Crippen LogP contribution in [0, 0.1) is 0 Å². The van der Waals surface area contributed by atoms with Crippen molar-refractivity contribution in [3.05, 3.63) is 122 Å². The van der Waals surface area contributed by atoms with Crippen LogP contribution in [0.1, 0.15) is 284 Å². The van der Waals surface area contributed by atoms with Gasteiger partial charge in [0.1, 0.15) is 19.8 Å². The first-order chi connectivity index (χ1) is 41.0. The Hall–Kier alpha value is -3.59. The van der Waals surface area contributed by atoms with Gasteiger partial charge in [-0.15, -0.1) is 0 Å². The number of quaternary nitrogens is 1. The summed E-state index contributed by atoms with van der Waals surface area (Å²) in [4.78, 5) is 35.8. The van der Waals surface area contributed by atoms with Crippen molar-refractivity contribution in [3.8, 4) is 0 Å². The summed E-state index contributed by atoms with van der Waals surface area (Å²) in [6, 6.07) is 0. The fourth-order valence-corrected chi connectivity index (χ4v) is 10.0. The lowest BCUT2D eigenvalue weighted by Crippen LogP contribution is -2.37. The number of hydrogen-bond donors (Lipinski definition) is 1. The van der Waals surface area contributed by atoms with Crippen molar-refractivity contribution in [2.45, 2.75) is 290 Å².